The summed E-state index contributed by atoms with van der Waals surface area (Å²) in [6.45, 7) is 1.67. The van der Waals surface area contributed by atoms with Crippen LogP contribution < -0.4 is 10.6 Å². The van der Waals surface area contributed by atoms with Gasteiger partial charge in [0.2, 0.25) is 0 Å². The summed E-state index contributed by atoms with van der Waals surface area (Å²) in [5.41, 5.74) is 0. The zero-order chi connectivity index (χ0) is 9.84. The fraction of sp³-hybridized carbons (Fsp3) is 0.750. The number of amides is 2. The number of carboxylic acids is 1. The first-order valence-electron chi connectivity index (χ1n) is 4.36. The summed E-state index contributed by atoms with van der Waals surface area (Å²) in [5.74, 6) is -0.903. The molecular formula is C8H14N2O3. The van der Waals surface area contributed by atoms with Crippen LogP contribution in [0, 0.1) is 0 Å². The molecule has 0 radical (unpaired) electrons. The second-order valence-corrected chi connectivity index (χ2v) is 3.39. The molecule has 0 aromatic carbocycles. The molecule has 1 aliphatic rings. The Morgan fingerprint density at radius 1 is 1.54 bits per heavy atom. The van der Waals surface area contributed by atoms with Crippen LogP contribution in [0.4, 0.5) is 4.79 Å². The highest BCUT2D eigenvalue weighted by Gasteiger charge is 2.23. The first-order chi connectivity index (χ1) is 6.08. The lowest BCUT2D eigenvalue weighted by atomic mass is 10.2. The van der Waals surface area contributed by atoms with E-state index in [1.807, 2.05) is 0 Å². The van der Waals surface area contributed by atoms with Crippen molar-refractivity contribution in [3.63, 3.8) is 0 Å². The van der Waals surface area contributed by atoms with Crippen molar-refractivity contribution in [1.29, 1.82) is 0 Å². The summed E-state index contributed by atoms with van der Waals surface area (Å²) < 4.78 is 0. The molecule has 3 N–H and O–H groups in total. The minimum atomic E-state index is -0.903. The number of hydrogen-bond donors (Lipinski definition) is 3. The van der Waals surface area contributed by atoms with Crippen LogP contribution in [0.1, 0.15) is 26.2 Å². The number of urea groups is 1. The third-order valence-corrected chi connectivity index (χ3v) is 1.77. The number of carbonyl (C=O) groups excluding carboxylic acids is 1. The maximum atomic E-state index is 11.1. The molecule has 0 heterocycles. The molecule has 0 aliphatic heterocycles. The van der Waals surface area contributed by atoms with Crippen molar-refractivity contribution in [1.82, 2.24) is 10.6 Å². The Bertz CT molecular complexity index is 213. The Morgan fingerprint density at radius 2 is 2.15 bits per heavy atom. The largest absolute Gasteiger partial charge is 0.481 e. The van der Waals surface area contributed by atoms with E-state index in [2.05, 4.69) is 10.6 Å². The molecule has 0 saturated heterocycles. The molecule has 0 spiro atoms. The van der Waals surface area contributed by atoms with Gasteiger partial charge in [0.25, 0.3) is 0 Å². The van der Waals surface area contributed by atoms with Crippen molar-refractivity contribution >= 4 is 12.0 Å². The molecule has 0 aromatic heterocycles. The minimum Gasteiger partial charge on any atom is -0.481 e. The van der Waals surface area contributed by atoms with Crippen LogP contribution in [0.25, 0.3) is 0 Å². The van der Waals surface area contributed by atoms with Gasteiger partial charge in [-0.25, -0.2) is 4.79 Å². The molecule has 1 saturated carbocycles. The third-order valence-electron chi connectivity index (χ3n) is 1.77. The molecule has 1 unspecified atom stereocenters. The number of carboxylic acid groups (broad SMARTS) is 1. The van der Waals surface area contributed by atoms with Gasteiger partial charge in [0.05, 0.1) is 6.42 Å². The average molecular weight is 186 g/mol. The fourth-order valence-corrected chi connectivity index (χ4v) is 0.991. The molecule has 1 rings (SSSR count). The van der Waals surface area contributed by atoms with Gasteiger partial charge in [-0.2, -0.15) is 0 Å². The molecule has 1 atom stereocenters. The predicted octanol–water partition coefficient (Wildman–Crippen LogP) is 0.311. The van der Waals surface area contributed by atoms with Crippen molar-refractivity contribution in [2.75, 3.05) is 0 Å². The Morgan fingerprint density at radius 3 is 2.62 bits per heavy atom. The first kappa shape index (κ1) is 9.83. The number of rotatable bonds is 4. The molecule has 2 amide bonds. The summed E-state index contributed by atoms with van der Waals surface area (Å²) in [4.78, 5) is 21.3. The zero-order valence-corrected chi connectivity index (χ0v) is 7.54. The minimum absolute atomic E-state index is 0.0436. The van der Waals surface area contributed by atoms with Crippen LogP contribution >= 0.6 is 0 Å². The lowest BCUT2D eigenvalue weighted by Crippen LogP contribution is -2.42. The SMILES string of the molecule is CC(CC(=O)O)NC(=O)NC1CC1. The van der Waals surface area contributed by atoms with Gasteiger partial charge in [0.1, 0.15) is 0 Å². The van der Waals surface area contributed by atoms with Gasteiger partial charge in [0.15, 0.2) is 0 Å². The van der Waals surface area contributed by atoms with E-state index >= 15 is 0 Å². The Labute approximate surface area is 76.5 Å². The van der Waals surface area contributed by atoms with Gasteiger partial charge < -0.3 is 15.7 Å². The van der Waals surface area contributed by atoms with Gasteiger partial charge in [-0.05, 0) is 19.8 Å². The second-order valence-electron chi connectivity index (χ2n) is 3.39. The molecule has 0 bridgehead atoms. The van der Waals surface area contributed by atoms with Gasteiger partial charge in [0, 0.05) is 12.1 Å². The maximum absolute atomic E-state index is 11.1. The van der Waals surface area contributed by atoms with Crippen molar-refractivity contribution in [3.8, 4) is 0 Å². The fourth-order valence-electron chi connectivity index (χ4n) is 0.991. The van der Waals surface area contributed by atoms with E-state index in [1.54, 1.807) is 6.92 Å². The van der Waals surface area contributed by atoms with E-state index in [9.17, 15) is 9.59 Å². The second kappa shape index (κ2) is 4.11. The average Bonchev–Trinajstić information content (AvgIpc) is 2.67. The Balaban J connectivity index is 2.13. The van der Waals surface area contributed by atoms with Gasteiger partial charge in [-0.15, -0.1) is 0 Å². The van der Waals surface area contributed by atoms with Crippen molar-refractivity contribution in [2.45, 2.75) is 38.3 Å². The molecule has 0 aromatic rings. The molecule has 5 heteroatoms. The molecule has 1 aliphatic carbocycles. The van der Waals surface area contributed by atoms with Crippen molar-refractivity contribution < 1.29 is 14.7 Å². The topological polar surface area (TPSA) is 78.4 Å². The Kier molecular flexibility index (Phi) is 3.11. The van der Waals surface area contributed by atoms with Crippen LogP contribution in [0.2, 0.25) is 0 Å². The highest BCUT2D eigenvalue weighted by Crippen LogP contribution is 2.18. The van der Waals surface area contributed by atoms with E-state index in [0.29, 0.717) is 6.04 Å². The predicted molar refractivity (Wildman–Crippen MR) is 46.4 cm³/mol. The lowest BCUT2D eigenvalue weighted by Gasteiger charge is -2.11. The highest BCUT2D eigenvalue weighted by atomic mass is 16.4. The van der Waals surface area contributed by atoms with Crippen molar-refractivity contribution in [2.24, 2.45) is 0 Å². The molecule has 13 heavy (non-hydrogen) atoms. The van der Waals surface area contributed by atoms with Crippen LogP contribution in [0.5, 0.6) is 0 Å². The smallest absolute Gasteiger partial charge is 0.315 e. The molecule has 5 nitrogen and oxygen atoms in total. The zero-order valence-electron chi connectivity index (χ0n) is 7.54. The van der Waals surface area contributed by atoms with E-state index < -0.39 is 5.97 Å². The normalized spacial score (nSPS) is 17.6. The molecule has 1 fully saturated rings. The summed E-state index contributed by atoms with van der Waals surface area (Å²) in [6, 6.07) is -0.287. The van der Waals surface area contributed by atoms with Gasteiger partial charge in [-0.1, -0.05) is 0 Å². The monoisotopic (exact) mass is 186 g/mol. The molecular weight excluding hydrogens is 172 g/mol. The van der Waals surface area contributed by atoms with E-state index in [-0.39, 0.29) is 18.5 Å². The summed E-state index contributed by atoms with van der Waals surface area (Å²) in [7, 11) is 0. The Hall–Kier alpha value is -1.26. The number of carbonyl (C=O) groups is 2. The summed E-state index contributed by atoms with van der Waals surface area (Å²) in [5, 5.41) is 13.7. The highest BCUT2D eigenvalue weighted by molar-refractivity contribution is 5.76. The van der Waals surface area contributed by atoms with Crippen LogP contribution in [0.15, 0.2) is 0 Å². The first-order valence-corrected chi connectivity index (χ1v) is 4.36. The number of hydrogen-bond acceptors (Lipinski definition) is 2. The standard InChI is InChI=1S/C8H14N2O3/c1-5(4-7(11)12)9-8(13)10-6-2-3-6/h5-6H,2-4H2,1H3,(H,11,12)(H2,9,10,13). The molecule has 74 valence electrons. The van der Waals surface area contributed by atoms with Crippen LogP contribution in [0.3, 0.4) is 0 Å². The van der Waals surface area contributed by atoms with Gasteiger partial charge in [-0.3, -0.25) is 4.79 Å². The third kappa shape index (κ3) is 4.35. The summed E-state index contributed by atoms with van der Waals surface area (Å²) >= 11 is 0. The summed E-state index contributed by atoms with van der Waals surface area (Å²) in [6.07, 6.45) is 2.01. The van der Waals surface area contributed by atoms with E-state index in [4.69, 9.17) is 5.11 Å². The number of aliphatic carboxylic acids is 1. The number of nitrogens with one attached hydrogen (secondary N) is 2. The lowest BCUT2D eigenvalue weighted by molar-refractivity contribution is -0.137. The van der Waals surface area contributed by atoms with Crippen LogP contribution in [-0.4, -0.2) is 29.2 Å². The van der Waals surface area contributed by atoms with Crippen molar-refractivity contribution in [3.05, 3.63) is 0 Å². The van der Waals surface area contributed by atoms with Gasteiger partial charge >= 0.3 is 12.0 Å². The van der Waals surface area contributed by atoms with Crippen LogP contribution in [-0.2, 0) is 4.79 Å². The van der Waals surface area contributed by atoms with E-state index in [0.717, 1.165) is 12.8 Å². The van der Waals surface area contributed by atoms with E-state index in [1.165, 1.54) is 0 Å². The quantitative estimate of drug-likeness (QED) is 0.591. The maximum Gasteiger partial charge on any atom is 0.315 e.